The highest BCUT2D eigenvalue weighted by Crippen LogP contribution is 2.18. The first kappa shape index (κ1) is 13.2. The minimum absolute atomic E-state index is 0.440. The summed E-state index contributed by atoms with van der Waals surface area (Å²) in [5.41, 5.74) is 1.07. The number of hydrogen-bond donors (Lipinski definition) is 1. The lowest BCUT2D eigenvalue weighted by atomic mass is 10.2. The zero-order valence-electron chi connectivity index (χ0n) is 11.3. The lowest BCUT2D eigenvalue weighted by Crippen LogP contribution is -2.27. The minimum Gasteiger partial charge on any atom is -0.444 e. The highest BCUT2D eigenvalue weighted by atomic mass is 16.6. The van der Waals surface area contributed by atoms with Crippen LogP contribution in [0.5, 0.6) is 0 Å². The summed E-state index contributed by atoms with van der Waals surface area (Å²) in [6, 6.07) is 4.93. The molecule has 0 spiro atoms. The van der Waals surface area contributed by atoms with Crippen molar-refractivity contribution in [3.05, 3.63) is 28.7 Å². The van der Waals surface area contributed by atoms with Gasteiger partial charge in [-0.15, -0.1) is 0 Å². The van der Waals surface area contributed by atoms with Crippen molar-refractivity contribution in [3.63, 3.8) is 0 Å². The molecule has 1 N–H and O–H groups in total. The normalized spacial score (nSPS) is 11.6. The number of fused-ring (bicyclic) bond motifs is 1. The zero-order chi connectivity index (χ0) is 14.2. The summed E-state index contributed by atoms with van der Waals surface area (Å²) in [4.78, 5) is 23.0. The van der Waals surface area contributed by atoms with E-state index in [0.29, 0.717) is 16.8 Å². The number of anilines is 1. The van der Waals surface area contributed by atoms with E-state index >= 15 is 0 Å². The topological polar surface area (TPSA) is 73.5 Å². The monoisotopic (exact) mass is 264 g/mol. The van der Waals surface area contributed by atoms with Crippen molar-refractivity contribution in [2.75, 3.05) is 5.32 Å². The van der Waals surface area contributed by atoms with Gasteiger partial charge in [0.05, 0.1) is 5.52 Å². The predicted molar refractivity (Wildman–Crippen MR) is 71.3 cm³/mol. The average molecular weight is 264 g/mol. The second-order valence-corrected chi connectivity index (χ2v) is 5.24. The summed E-state index contributed by atoms with van der Waals surface area (Å²) < 4.78 is 11.5. The molecule has 1 heterocycles. The van der Waals surface area contributed by atoms with Gasteiger partial charge in [-0.25, -0.2) is 9.59 Å². The van der Waals surface area contributed by atoms with Gasteiger partial charge in [-0.2, -0.15) is 0 Å². The minimum atomic E-state index is -0.559. The van der Waals surface area contributed by atoms with Gasteiger partial charge in [0.1, 0.15) is 5.60 Å². The smallest absolute Gasteiger partial charge is 0.419 e. The number of aromatic nitrogens is 1. The van der Waals surface area contributed by atoms with E-state index in [2.05, 4.69) is 5.32 Å². The number of ether oxygens (including phenoxy) is 1. The molecule has 0 saturated heterocycles. The Morgan fingerprint density at radius 2 is 2.05 bits per heavy atom. The van der Waals surface area contributed by atoms with E-state index in [1.807, 2.05) is 0 Å². The van der Waals surface area contributed by atoms with E-state index in [1.54, 1.807) is 46.0 Å². The SMILES string of the molecule is Cn1c(=O)oc2ccc(NC(=O)OC(C)(C)C)cc21. The summed E-state index contributed by atoms with van der Waals surface area (Å²) in [5, 5.41) is 2.61. The van der Waals surface area contributed by atoms with Crippen LogP contribution in [0.2, 0.25) is 0 Å². The molecule has 0 radical (unpaired) electrons. The first-order chi connectivity index (χ1) is 8.76. The number of aryl methyl sites for hydroxylation is 1. The number of amides is 1. The number of nitrogens with zero attached hydrogens (tertiary/aromatic N) is 1. The molecular formula is C13H16N2O4. The van der Waals surface area contributed by atoms with E-state index < -0.39 is 17.5 Å². The van der Waals surface area contributed by atoms with Crippen LogP contribution < -0.4 is 11.1 Å². The van der Waals surface area contributed by atoms with Gasteiger partial charge >= 0.3 is 11.8 Å². The second kappa shape index (κ2) is 4.46. The zero-order valence-corrected chi connectivity index (χ0v) is 11.3. The molecule has 0 unspecified atom stereocenters. The lowest BCUT2D eigenvalue weighted by molar-refractivity contribution is 0.0636. The molecule has 6 heteroatoms. The predicted octanol–water partition coefficient (Wildman–Crippen LogP) is 2.48. The Morgan fingerprint density at radius 3 is 2.68 bits per heavy atom. The Labute approximate surface area is 110 Å². The third kappa shape index (κ3) is 2.96. The Hall–Kier alpha value is -2.24. The summed E-state index contributed by atoms with van der Waals surface area (Å²) in [6.45, 7) is 5.36. The van der Waals surface area contributed by atoms with E-state index in [0.717, 1.165) is 0 Å². The van der Waals surface area contributed by atoms with Crippen molar-refractivity contribution < 1.29 is 13.9 Å². The maximum Gasteiger partial charge on any atom is 0.419 e. The van der Waals surface area contributed by atoms with Crippen molar-refractivity contribution in [2.45, 2.75) is 26.4 Å². The highest BCUT2D eigenvalue weighted by Gasteiger charge is 2.16. The van der Waals surface area contributed by atoms with Gasteiger partial charge in [0.2, 0.25) is 0 Å². The molecule has 2 rings (SSSR count). The molecule has 102 valence electrons. The molecule has 6 nitrogen and oxygen atoms in total. The van der Waals surface area contributed by atoms with Crippen LogP contribution in [-0.2, 0) is 11.8 Å². The molecule has 0 bridgehead atoms. The van der Waals surface area contributed by atoms with Crippen molar-refractivity contribution in [1.82, 2.24) is 4.57 Å². The molecule has 0 aliphatic rings. The van der Waals surface area contributed by atoms with Gasteiger partial charge < -0.3 is 9.15 Å². The third-order valence-electron chi connectivity index (χ3n) is 2.44. The van der Waals surface area contributed by atoms with Crippen molar-refractivity contribution >= 4 is 22.9 Å². The number of carbonyl (C=O) groups excluding carboxylic acids is 1. The highest BCUT2D eigenvalue weighted by molar-refractivity contribution is 5.88. The maximum absolute atomic E-state index is 11.6. The first-order valence-electron chi connectivity index (χ1n) is 5.86. The Morgan fingerprint density at radius 1 is 1.37 bits per heavy atom. The van der Waals surface area contributed by atoms with Crippen molar-refractivity contribution in [1.29, 1.82) is 0 Å². The van der Waals surface area contributed by atoms with Crippen LogP contribution in [0.1, 0.15) is 20.8 Å². The van der Waals surface area contributed by atoms with Gasteiger partial charge in [0.15, 0.2) is 5.58 Å². The number of oxazole rings is 1. The van der Waals surface area contributed by atoms with Gasteiger partial charge in [0, 0.05) is 12.7 Å². The molecule has 2 aromatic rings. The summed E-state index contributed by atoms with van der Waals surface area (Å²) in [6.07, 6.45) is -0.541. The van der Waals surface area contributed by atoms with Gasteiger partial charge in [-0.05, 0) is 39.0 Å². The first-order valence-corrected chi connectivity index (χ1v) is 5.86. The molecule has 1 amide bonds. The molecule has 0 fully saturated rings. The number of nitrogens with one attached hydrogen (secondary N) is 1. The molecule has 0 atom stereocenters. The number of rotatable bonds is 1. The Balaban J connectivity index is 2.24. The molecule has 1 aromatic carbocycles. The maximum atomic E-state index is 11.6. The largest absolute Gasteiger partial charge is 0.444 e. The fraction of sp³-hybridized carbons (Fsp3) is 0.385. The molecular weight excluding hydrogens is 248 g/mol. The fourth-order valence-corrected chi connectivity index (χ4v) is 1.63. The average Bonchev–Trinajstić information content (AvgIpc) is 2.53. The fourth-order valence-electron chi connectivity index (χ4n) is 1.63. The lowest BCUT2D eigenvalue weighted by Gasteiger charge is -2.19. The van der Waals surface area contributed by atoms with Crippen LogP contribution >= 0.6 is 0 Å². The summed E-state index contributed by atoms with van der Waals surface area (Å²) >= 11 is 0. The van der Waals surface area contributed by atoms with Crippen LogP contribution in [0.25, 0.3) is 11.1 Å². The van der Waals surface area contributed by atoms with Crippen LogP contribution in [0, 0.1) is 0 Å². The molecule has 19 heavy (non-hydrogen) atoms. The van der Waals surface area contributed by atoms with Gasteiger partial charge in [0.25, 0.3) is 0 Å². The van der Waals surface area contributed by atoms with Gasteiger partial charge in [-0.3, -0.25) is 9.88 Å². The van der Waals surface area contributed by atoms with Crippen LogP contribution in [0.4, 0.5) is 10.5 Å². The molecule has 0 aliphatic carbocycles. The second-order valence-electron chi connectivity index (χ2n) is 5.24. The Bertz CT molecular complexity index is 676. The van der Waals surface area contributed by atoms with Crippen LogP contribution in [-0.4, -0.2) is 16.3 Å². The van der Waals surface area contributed by atoms with Crippen LogP contribution in [0.3, 0.4) is 0 Å². The third-order valence-corrected chi connectivity index (χ3v) is 2.44. The van der Waals surface area contributed by atoms with Crippen molar-refractivity contribution in [3.8, 4) is 0 Å². The molecule has 1 aromatic heterocycles. The summed E-state index contributed by atoms with van der Waals surface area (Å²) in [7, 11) is 1.60. The van der Waals surface area contributed by atoms with Crippen LogP contribution in [0.15, 0.2) is 27.4 Å². The van der Waals surface area contributed by atoms with E-state index in [4.69, 9.17) is 9.15 Å². The standard InChI is InChI=1S/C13H16N2O4/c1-13(2,3)19-11(16)14-8-5-6-10-9(7-8)15(4)12(17)18-10/h5-7H,1-4H3,(H,14,16). The Kier molecular flexibility index (Phi) is 3.09. The van der Waals surface area contributed by atoms with E-state index in [9.17, 15) is 9.59 Å². The van der Waals surface area contributed by atoms with Gasteiger partial charge in [-0.1, -0.05) is 0 Å². The number of carbonyl (C=O) groups is 1. The molecule has 0 aliphatic heterocycles. The number of benzene rings is 1. The number of hydrogen-bond acceptors (Lipinski definition) is 4. The van der Waals surface area contributed by atoms with E-state index in [1.165, 1.54) is 4.57 Å². The quantitative estimate of drug-likeness (QED) is 0.858. The summed E-state index contributed by atoms with van der Waals surface area (Å²) in [5.74, 6) is -0.440. The molecule has 0 saturated carbocycles. The van der Waals surface area contributed by atoms with E-state index in [-0.39, 0.29) is 0 Å². The van der Waals surface area contributed by atoms with Crippen molar-refractivity contribution in [2.24, 2.45) is 7.05 Å².